The van der Waals surface area contributed by atoms with E-state index in [1.807, 2.05) is 0 Å². The molecule has 0 fully saturated rings. The Bertz CT molecular complexity index is 232. The first-order valence-corrected chi connectivity index (χ1v) is 3.18. The Morgan fingerprint density at radius 1 is 1.33 bits per heavy atom. The van der Waals surface area contributed by atoms with Crippen molar-refractivity contribution >= 4 is 5.97 Å². The fraction of sp³-hybridized carbons (Fsp3) is 0.500. The maximum Gasteiger partial charge on any atom is 0.343 e. The van der Waals surface area contributed by atoms with Crippen LogP contribution in [0.15, 0.2) is 11.5 Å². The molecular weight excluding hydrogens is 168 g/mol. The fourth-order valence-corrected chi connectivity index (χ4v) is 0.791. The predicted octanol–water partition coefficient (Wildman–Crippen LogP) is -1.97. The summed E-state index contributed by atoms with van der Waals surface area (Å²) in [6.45, 7) is -0.707. The smallest absolute Gasteiger partial charge is 0.343 e. The van der Waals surface area contributed by atoms with Crippen LogP contribution in [0.3, 0.4) is 0 Å². The number of hydrogen-bond donors (Lipinski definition) is 4. The van der Waals surface area contributed by atoms with E-state index < -0.39 is 36.3 Å². The van der Waals surface area contributed by atoms with Gasteiger partial charge in [-0.05, 0) is 0 Å². The molecule has 12 heavy (non-hydrogen) atoms. The number of carbonyl (C=O) groups is 1. The second-order valence-corrected chi connectivity index (χ2v) is 2.28. The highest BCUT2D eigenvalue weighted by molar-refractivity contribution is 5.78. The number of carbonyl (C=O) groups excluding carboxylic acids is 1. The second kappa shape index (κ2) is 3.10. The summed E-state index contributed by atoms with van der Waals surface area (Å²) in [5.74, 6) is -2.24. The van der Waals surface area contributed by atoms with Gasteiger partial charge < -0.3 is 25.2 Å². The third-order valence-electron chi connectivity index (χ3n) is 1.47. The molecule has 6 heteroatoms. The lowest BCUT2D eigenvalue weighted by molar-refractivity contribution is -0.161. The van der Waals surface area contributed by atoms with Gasteiger partial charge in [0.15, 0.2) is 23.7 Å². The average molecular weight is 176 g/mol. The molecule has 6 nitrogen and oxygen atoms in total. The molecule has 0 bridgehead atoms. The summed E-state index contributed by atoms with van der Waals surface area (Å²) in [7, 11) is 0. The van der Waals surface area contributed by atoms with Crippen LogP contribution in [0.2, 0.25) is 0 Å². The SMILES string of the molecule is O=C1OC(CO)=C(O)[C@H](O)[C@@H]1O. The van der Waals surface area contributed by atoms with Gasteiger partial charge >= 0.3 is 5.97 Å². The van der Waals surface area contributed by atoms with E-state index in [1.54, 1.807) is 0 Å². The Kier molecular flexibility index (Phi) is 2.32. The van der Waals surface area contributed by atoms with Gasteiger partial charge in [0.1, 0.15) is 6.61 Å². The van der Waals surface area contributed by atoms with Crippen molar-refractivity contribution in [2.24, 2.45) is 0 Å². The van der Waals surface area contributed by atoms with Crippen LogP contribution < -0.4 is 0 Å². The molecule has 4 N–H and O–H groups in total. The molecule has 0 aromatic heterocycles. The summed E-state index contributed by atoms with van der Waals surface area (Å²) < 4.78 is 4.26. The molecule has 0 aromatic rings. The Morgan fingerprint density at radius 2 is 1.92 bits per heavy atom. The van der Waals surface area contributed by atoms with Gasteiger partial charge in [-0.1, -0.05) is 0 Å². The van der Waals surface area contributed by atoms with Gasteiger partial charge in [0, 0.05) is 0 Å². The van der Waals surface area contributed by atoms with Crippen LogP contribution in [0, 0.1) is 0 Å². The molecule has 0 saturated carbocycles. The molecule has 1 aliphatic rings. The topological polar surface area (TPSA) is 107 Å². The minimum Gasteiger partial charge on any atom is -0.506 e. The van der Waals surface area contributed by atoms with Crippen molar-refractivity contribution in [3.05, 3.63) is 11.5 Å². The highest BCUT2D eigenvalue weighted by Crippen LogP contribution is 2.18. The lowest BCUT2D eigenvalue weighted by Crippen LogP contribution is -2.41. The van der Waals surface area contributed by atoms with Crippen LogP contribution in [0.4, 0.5) is 0 Å². The molecule has 0 aliphatic carbocycles. The third kappa shape index (κ3) is 1.27. The van der Waals surface area contributed by atoms with Gasteiger partial charge in [-0.3, -0.25) is 0 Å². The van der Waals surface area contributed by atoms with E-state index >= 15 is 0 Å². The summed E-state index contributed by atoms with van der Waals surface area (Å²) in [6, 6.07) is 0. The summed E-state index contributed by atoms with van der Waals surface area (Å²) in [5, 5.41) is 35.2. The van der Waals surface area contributed by atoms with Crippen LogP contribution in [0.1, 0.15) is 0 Å². The molecule has 0 amide bonds. The van der Waals surface area contributed by atoms with E-state index in [4.69, 9.17) is 20.4 Å². The van der Waals surface area contributed by atoms with Crippen LogP contribution >= 0.6 is 0 Å². The third-order valence-corrected chi connectivity index (χ3v) is 1.47. The van der Waals surface area contributed by atoms with E-state index in [9.17, 15) is 4.79 Å². The molecule has 0 radical (unpaired) electrons. The zero-order valence-corrected chi connectivity index (χ0v) is 5.97. The zero-order valence-electron chi connectivity index (χ0n) is 5.97. The quantitative estimate of drug-likeness (QED) is 0.345. The molecule has 68 valence electrons. The van der Waals surface area contributed by atoms with E-state index in [0.717, 1.165) is 0 Å². The molecular formula is C6H8O6. The molecule has 1 heterocycles. The number of cyclic esters (lactones) is 1. The first kappa shape index (κ1) is 8.98. The Hall–Kier alpha value is -1.11. The minimum absolute atomic E-state index is 0.433. The molecule has 0 unspecified atom stereocenters. The molecule has 0 aromatic carbocycles. The number of aliphatic hydroxyl groups excluding tert-OH is 4. The van der Waals surface area contributed by atoms with E-state index in [2.05, 4.69) is 4.74 Å². The normalized spacial score (nSPS) is 30.4. The van der Waals surface area contributed by atoms with E-state index in [-0.39, 0.29) is 0 Å². The number of hydrogen-bond acceptors (Lipinski definition) is 6. The number of ether oxygens (including phenoxy) is 1. The molecule has 2 atom stereocenters. The molecule has 1 aliphatic heterocycles. The first-order valence-electron chi connectivity index (χ1n) is 3.18. The molecule has 1 rings (SSSR count). The number of rotatable bonds is 1. The van der Waals surface area contributed by atoms with Crippen LogP contribution in [-0.2, 0) is 9.53 Å². The predicted molar refractivity (Wildman–Crippen MR) is 34.8 cm³/mol. The van der Waals surface area contributed by atoms with Gasteiger partial charge in [0.25, 0.3) is 0 Å². The summed E-state index contributed by atoms with van der Waals surface area (Å²) in [5.41, 5.74) is 0. The van der Waals surface area contributed by atoms with E-state index in [1.165, 1.54) is 0 Å². The summed E-state index contributed by atoms with van der Waals surface area (Å²) in [4.78, 5) is 10.6. The van der Waals surface area contributed by atoms with Crippen molar-refractivity contribution in [2.75, 3.05) is 6.61 Å². The van der Waals surface area contributed by atoms with Crippen molar-refractivity contribution in [2.45, 2.75) is 12.2 Å². The van der Waals surface area contributed by atoms with Gasteiger partial charge in [-0.25, -0.2) is 4.79 Å². The van der Waals surface area contributed by atoms with Crippen molar-refractivity contribution in [3.8, 4) is 0 Å². The summed E-state index contributed by atoms with van der Waals surface area (Å²) in [6.07, 6.45) is -3.51. The van der Waals surface area contributed by atoms with Gasteiger partial charge in [-0.15, -0.1) is 0 Å². The monoisotopic (exact) mass is 176 g/mol. The lowest BCUT2D eigenvalue weighted by atomic mass is 10.1. The van der Waals surface area contributed by atoms with Crippen molar-refractivity contribution in [1.82, 2.24) is 0 Å². The lowest BCUT2D eigenvalue weighted by Gasteiger charge is -2.23. The van der Waals surface area contributed by atoms with Crippen LogP contribution in [0.5, 0.6) is 0 Å². The molecule has 0 spiro atoms. The van der Waals surface area contributed by atoms with Gasteiger partial charge in [0.2, 0.25) is 0 Å². The van der Waals surface area contributed by atoms with Crippen molar-refractivity contribution < 1.29 is 30.0 Å². The average Bonchev–Trinajstić information content (AvgIpc) is 2.08. The molecule has 0 saturated heterocycles. The highest BCUT2D eigenvalue weighted by atomic mass is 16.6. The number of aliphatic hydroxyl groups is 4. The second-order valence-electron chi connectivity index (χ2n) is 2.28. The first-order chi connectivity index (χ1) is 5.57. The van der Waals surface area contributed by atoms with Crippen LogP contribution in [0.25, 0.3) is 0 Å². The standard InChI is InChI=1S/C6H8O6/c7-1-2-3(8)4(9)5(10)6(11)12-2/h4-5,7-10H,1H2/t4-,5-/m0/s1. The Labute approximate surface area is 67.3 Å². The van der Waals surface area contributed by atoms with Gasteiger partial charge in [0.05, 0.1) is 0 Å². The Balaban J connectivity index is 2.95. The van der Waals surface area contributed by atoms with E-state index in [0.29, 0.717) is 0 Å². The fourth-order valence-electron chi connectivity index (χ4n) is 0.791. The van der Waals surface area contributed by atoms with Crippen LogP contribution in [-0.4, -0.2) is 45.2 Å². The highest BCUT2D eigenvalue weighted by Gasteiger charge is 2.36. The van der Waals surface area contributed by atoms with Gasteiger partial charge in [-0.2, -0.15) is 0 Å². The largest absolute Gasteiger partial charge is 0.506 e. The maximum absolute atomic E-state index is 10.6. The maximum atomic E-state index is 10.6. The Morgan fingerprint density at radius 3 is 2.42 bits per heavy atom. The van der Waals surface area contributed by atoms with Crippen molar-refractivity contribution in [3.63, 3.8) is 0 Å². The number of esters is 1. The zero-order chi connectivity index (χ0) is 9.30. The van der Waals surface area contributed by atoms with Crippen molar-refractivity contribution in [1.29, 1.82) is 0 Å². The minimum atomic E-state index is -1.79. The summed E-state index contributed by atoms with van der Waals surface area (Å²) >= 11 is 0.